The molecule has 0 aliphatic heterocycles. The van der Waals surface area contributed by atoms with E-state index in [1.54, 1.807) is 18.2 Å². The third-order valence-electron chi connectivity index (χ3n) is 1.44. The van der Waals surface area contributed by atoms with Crippen molar-refractivity contribution in [2.45, 2.75) is 4.58 Å². The van der Waals surface area contributed by atoms with E-state index in [1.165, 1.54) is 12.1 Å². The van der Waals surface area contributed by atoms with Gasteiger partial charge in [-0.25, -0.2) is 8.42 Å². The van der Waals surface area contributed by atoms with Crippen molar-refractivity contribution in [3.05, 3.63) is 35.9 Å². The average molecular weight is 244 g/mol. The van der Waals surface area contributed by atoms with Gasteiger partial charge in [0.15, 0.2) is 26.7 Å². The summed E-state index contributed by atoms with van der Waals surface area (Å²) in [6.07, 6.45) is 0. The molecule has 1 aromatic carbocycles. The third-order valence-corrected chi connectivity index (χ3v) is 3.70. The molecule has 14 heavy (non-hydrogen) atoms. The minimum absolute atomic E-state index is 0. The first kappa shape index (κ1) is 14.4. The van der Waals surface area contributed by atoms with E-state index in [9.17, 15) is 8.42 Å². The predicted molar refractivity (Wildman–Crippen MR) is 51.8 cm³/mol. The molecule has 2 unspecified atom stereocenters. The molecule has 2 atom stereocenters. The Morgan fingerprint density at radius 3 is 1.86 bits per heavy atom. The maximum absolute atomic E-state index is 10.7. The molecule has 0 radical (unpaired) electrons. The van der Waals surface area contributed by atoms with E-state index < -0.39 is 26.7 Å². The number of benzene rings is 1. The van der Waals surface area contributed by atoms with Crippen LogP contribution in [-0.4, -0.2) is 17.5 Å². The second-order valence-corrected chi connectivity index (χ2v) is 4.64. The standard InChI is InChI=1S/C7H8O4S2.Na.H/c8-12(9)7(13(10)11)6-4-2-1-3-5-6;;/h1-5,7H,(H,8,9)(H,10,11);;/q;+1;-1. The van der Waals surface area contributed by atoms with Crippen LogP contribution in [0.1, 0.15) is 11.6 Å². The van der Waals surface area contributed by atoms with E-state index in [2.05, 4.69) is 0 Å². The van der Waals surface area contributed by atoms with Crippen LogP contribution in [0.15, 0.2) is 30.3 Å². The summed E-state index contributed by atoms with van der Waals surface area (Å²) in [4.78, 5) is 0. The Balaban J connectivity index is 0. The van der Waals surface area contributed by atoms with Gasteiger partial charge in [-0.3, -0.25) is 0 Å². The van der Waals surface area contributed by atoms with E-state index in [0.29, 0.717) is 5.56 Å². The first-order valence-corrected chi connectivity index (χ1v) is 5.71. The van der Waals surface area contributed by atoms with Gasteiger partial charge in [0, 0.05) is 0 Å². The fourth-order valence-electron chi connectivity index (χ4n) is 0.913. The molecule has 0 aliphatic carbocycles. The Kier molecular flexibility index (Phi) is 7.05. The molecule has 0 bridgehead atoms. The Bertz CT molecular complexity index is 321. The van der Waals surface area contributed by atoms with Gasteiger partial charge in [-0.1, -0.05) is 30.3 Å². The first-order valence-electron chi connectivity index (χ1n) is 3.37. The summed E-state index contributed by atoms with van der Waals surface area (Å²) >= 11 is -4.67. The van der Waals surface area contributed by atoms with Crippen molar-refractivity contribution in [3.8, 4) is 0 Å². The molecule has 0 spiro atoms. The van der Waals surface area contributed by atoms with Gasteiger partial charge in [-0.15, -0.1) is 0 Å². The molecular weight excluding hydrogens is 235 g/mol. The van der Waals surface area contributed by atoms with E-state index in [-0.39, 0.29) is 31.0 Å². The van der Waals surface area contributed by atoms with Crippen molar-refractivity contribution in [3.63, 3.8) is 0 Å². The van der Waals surface area contributed by atoms with Crippen LogP contribution in [0.25, 0.3) is 0 Å². The minimum atomic E-state index is -2.33. The monoisotopic (exact) mass is 244 g/mol. The molecule has 0 saturated heterocycles. The van der Waals surface area contributed by atoms with Crippen molar-refractivity contribution in [1.82, 2.24) is 0 Å². The van der Waals surface area contributed by atoms with Gasteiger partial charge in [-0.05, 0) is 5.56 Å². The Morgan fingerprint density at radius 2 is 1.50 bits per heavy atom. The average Bonchev–Trinajstić information content (AvgIpc) is 2.04. The maximum Gasteiger partial charge on any atom is 1.00 e. The molecule has 1 aromatic rings. The molecule has 4 nitrogen and oxygen atoms in total. The molecule has 0 amide bonds. The summed E-state index contributed by atoms with van der Waals surface area (Å²) in [6, 6.07) is 8.07. The van der Waals surface area contributed by atoms with Crippen molar-refractivity contribution in [2.24, 2.45) is 0 Å². The summed E-state index contributed by atoms with van der Waals surface area (Å²) in [7, 11) is 0. The number of rotatable bonds is 3. The van der Waals surface area contributed by atoms with E-state index in [4.69, 9.17) is 9.11 Å². The number of hydrogen-bond acceptors (Lipinski definition) is 2. The van der Waals surface area contributed by atoms with Crippen LogP contribution >= 0.6 is 0 Å². The molecular formula is C7H9NaO4S2. The summed E-state index contributed by atoms with van der Waals surface area (Å²) in [5.41, 5.74) is 0.379. The van der Waals surface area contributed by atoms with Crippen LogP contribution in [-0.2, 0) is 22.2 Å². The second kappa shape index (κ2) is 6.84. The Morgan fingerprint density at radius 1 is 1.07 bits per heavy atom. The van der Waals surface area contributed by atoms with Crippen molar-refractivity contribution in [1.29, 1.82) is 0 Å². The topological polar surface area (TPSA) is 74.6 Å². The largest absolute Gasteiger partial charge is 1.00 e. The zero-order valence-electron chi connectivity index (χ0n) is 8.49. The minimum Gasteiger partial charge on any atom is -1.00 e. The van der Waals surface area contributed by atoms with Crippen LogP contribution in [0, 0.1) is 0 Å². The fraction of sp³-hybridized carbons (Fsp3) is 0.143. The summed E-state index contributed by atoms with van der Waals surface area (Å²) in [6.45, 7) is 0. The van der Waals surface area contributed by atoms with Gasteiger partial charge >= 0.3 is 29.6 Å². The van der Waals surface area contributed by atoms with Gasteiger partial charge in [-0.2, -0.15) is 0 Å². The molecule has 0 aromatic heterocycles. The van der Waals surface area contributed by atoms with Crippen LogP contribution < -0.4 is 29.6 Å². The molecule has 7 heteroatoms. The van der Waals surface area contributed by atoms with Crippen LogP contribution in [0.3, 0.4) is 0 Å². The van der Waals surface area contributed by atoms with Crippen molar-refractivity contribution in [2.75, 3.05) is 0 Å². The summed E-state index contributed by atoms with van der Waals surface area (Å²) < 4.78 is 37.7. The van der Waals surface area contributed by atoms with Crippen LogP contribution in [0.4, 0.5) is 0 Å². The zero-order chi connectivity index (χ0) is 9.84. The van der Waals surface area contributed by atoms with Gasteiger partial charge < -0.3 is 10.5 Å². The van der Waals surface area contributed by atoms with E-state index in [1.807, 2.05) is 0 Å². The molecule has 0 fully saturated rings. The van der Waals surface area contributed by atoms with E-state index in [0.717, 1.165) is 0 Å². The second-order valence-electron chi connectivity index (χ2n) is 2.29. The van der Waals surface area contributed by atoms with Crippen molar-refractivity contribution >= 4 is 22.2 Å². The Hall–Kier alpha value is 0.440. The summed E-state index contributed by atoms with van der Waals surface area (Å²) in [5, 5.41) is 0. The van der Waals surface area contributed by atoms with Crippen molar-refractivity contribution < 1.29 is 48.5 Å². The zero-order valence-corrected chi connectivity index (χ0v) is 11.1. The van der Waals surface area contributed by atoms with Gasteiger partial charge in [0.25, 0.3) is 0 Å². The van der Waals surface area contributed by atoms with E-state index >= 15 is 0 Å². The SMILES string of the molecule is O=S(O)C(c1ccccc1)S(=O)O.[H-].[Na+]. The fourth-order valence-corrected chi connectivity index (χ4v) is 2.26. The predicted octanol–water partition coefficient (Wildman–Crippen LogP) is -1.75. The molecule has 74 valence electrons. The van der Waals surface area contributed by atoms with Gasteiger partial charge in [0.05, 0.1) is 0 Å². The summed E-state index contributed by atoms with van der Waals surface area (Å²) in [5.74, 6) is 0. The molecule has 0 heterocycles. The Labute approximate surface area is 110 Å². The third kappa shape index (κ3) is 3.90. The van der Waals surface area contributed by atoms with Gasteiger partial charge in [0.2, 0.25) is 0 Å². The van der Waals surface area contributed by atoms with Crippen LogP contribution in [0.5, 0.6) is 0 Å². The molecule has 0 aliphatic rings. The first-order chi connectivity index (χ1) is 6.13. The molecule has 1 rings (SSSR count). The van der Waals surface area contributed by atoms with Gasteiger partial charge in [0.1, 0.15) is 0 Å². The normalized spacial score (nSPS) is 16.4. The molecule has 0 saturated carbocycles. The maximum atomic E-state index is 10.7. The smallest absolute Gasteiger partial charge is 1.00 e. The number of hydrogen-bond donors (Lipinski definition) is 2. The van der Waals surface area contributed by atoms with Crippen LogP contribution in [0.2, 0.25) is 0 Å². The quantitative estimate of drug-likeness (QED) is 0.488. The molecule has 2 N–H and O–H groups in total.